The zero-order chi connectivity index (χ0) is 20.4. The molecule has 2 aromatic heterocycles. The fraction of sp³-hybridized carbons (Fsp3) is 0.222. The van der Waals surface area contributed by atoms with Crippen molar-refractivity contribution in [3.8, 4) is 6.07 Å². The van der Waals surface area contributed by atoms with Crippen molar-refractivity contribution >= 4 is 16.8 Å². The van der Waals surface area contributed by atoms with Crippen molar-refractivity contribution in [3.05, 3.63) is 68.1 Å². The molecule has 0 bridgehead atoms. The standard InChI is InChI=1S/C18H15FN6O3/c1-9-12(19)3-4-13-15(9)17(27)25(18(28)24-13)8-14(26)23-10(2)16-21-6-11(5-20)7-22-16/h3-4,6-7,10H,8H2,1-2H3,(H,23,26)(H,24,28)/t10-/m0/s1. The van der Waals surface area contributed by atoms with E-state index in [9.17, 15) is 18.8 Å². The maximum atomic E-state index is 13.8. The Labute approximate surface area is 157 Å². The number of nitrogens with zero attached hydrogens (tertiary/aromatic N) is 4. The summed E-state index contributed by atoms with van der Waals surface area (Å²) in [4.78, 5) is 47.6. The molecular formula is C18H15FN6O3. The quantitative estimate of drug-likeness (QED) is 0.681. The normalized spacial score (nSPS) is 11.8. The number of nitriles is 1. The molecule has 0 aliphatic heterocycles. The van der Waals surface area contributed by atoms with Crippen LogP contribution in [0.5, 0.6) is 0 Å². The highest BCUT2D eigenvalue weighted by Crippen LogP contribution is 2.14. The Morgan fingerprint density at radius 2 is 2.04 bits per heavy atom. The summed E-state index contributed by atoms with van der Waals surface area (Å²) >= 11 is 0. The van der Waals surface area contributed by atoms with Crippen LogP contribution in [0.1, 0.15) is 29.9 Å². The first-order valence-electron chi connectivity index (χ1n) is 8.25. The number of carbonyl (C=O) groups excluding carboxylic acids is 1. The molecule has 28 heavy (non-hydrogen) atoms. The number of fused-ring (bicyclic) bond motifs is 1. The third kappa shape index (κ3) is 3.50. The van der Waals surface area contributed by atoms with E-state index in [1.807, 2.05) is 6.07 Å². The van der Waals surface area contributed by atoms with Crippen LogP contribution in [0.4, 0.5) is 4.39 Å². The van der Waals surface area contributed by atoms with Crippen LogP contribution in [0.3, 0.4) is 0 Å². The summed E-state index contributed by atoms with van der Waals surface area (Å²) in [7, 11) is 0. The molecule has 1 aromatic carbocycles. The number of aromatic nitrogens is 4. The number of hydrogen-bond donors (Lipinski definition) is 2. The minimum atomic E-state index is -0.777. The molecule has 0 saturated heterocycles. The largest absolute Gasteiger partial charge is 0.345 e. The molecule has 3 aromatic rings. The van der Waals surface area contributed by atoms with Crippen LogP contribution in [-0.2, 0) is 11.3 Å². The second-order valence-corrected chi connectivity index (χ2v) is 6.15. The molecule has 0 radical (unpaired) electrons. The molecule has 2 N–H and O–H groups in total. The predicted molar refractivity (Wildman–Crippen MR) is 96.8 cm³/mol. The number of nitrogens with one attached hydrogen (secondary N) is 2. The van der Waals surface area contributed by atoms with Gasteiger partial charge in [0.05, 0.1) is 22.5 Å². The highest BCUT2D eigenvalue weighted by Gasteiger charge is 2.17. The summed E-state index contributed by atoms with van der Waals surface area (Å²) in [5.74, 6) is -0.939. The minimum absolute atomic E-state index is 0.0101. The second kappa shape index (κ2) is 7.40. The first-order chi connectivity index (χ1) is 13.3. The first kappa shape index (κ1) is 18.9. The monoisotopic (exact) mass is 382 g/mol. The van der Waals surface area contributed by atoms with Crippen molar-refractivity contribution in [1.29, 1.82) is 5.26 Å². The fourth-order valence-electron chi connectivity index (χ4n) is 2.73. The van der Waals surface area contributed by atoms with Crippen LogP contribution in [0.25, 0.3) is 10.9 Å². The van der Waals surface area contributed by atoms with E-state index in [0.717, 1.165) is 6.07 Å². The van der Waals surface area contributed by atoms with Crippen molar-refractivity contribution in [2.75, 3.05) is 0 Å². The van der Waals surface area contributed by atoms with E-state index in [-0.39, 0.29) is 27.9 Å². The number of amides is 1. The SMILES string of the molecule is Cc1c(F)ccc2[nH]c(=O)n(CC(=O)N[C@@H](C)c3ncc(C#N)cn3)c(=O)c12. The Hall–Kier alpha value is -3.87. The molecule has 9 nitrogen and oxygen atoms in total. The molecule has 1 atom stereocenters. The average molecular weight is 382 g/mol. The molecule has 10 heteroatoms. The lowest BCUT2D eigenvalue weighted by molar-refractivity contribution is -0.122. The van der Waals surface area contributed by atoms with Gasteiger partial charge in [-0.25, -0.2) is 19.2 Å². The van der Waals surface area contributed by atoms with Gasteiger partial charge in [-0.15, -0.1) is 0 Å². The zero-order valence-corrected chi connectivity index (χ0v) is 15.0. The van der Waals surface area contributed by atoms with Gasteiger partial charge in [0.15, 0.2) is 0 Å². The van der Waals surface area contributed by atoms with E-state index in [1.54, 1.807) is 6.92 Å². The number of hydrogen-bond acceptors (Lipinski definition) is 6. The van der Waals surface area contributed by atoms with Crippen LogP contribution in [0.15, 0.2) is 34.1 Å². The molecular weight excluding hydrogens is 367 g/mol. The Balaban J connectivity index is 1.86. The summed E-state index contributed by atoms with van der Waals surface area (Å²) in [6, 6.07) is 3.73. The topological polar surface area (TPSA) is 134 Å². The van der Waals surface area contributed by atoms with Crippen molar-refractivity contribution in [1.82, 2.24) is 24.8 Å². The Morgan fingerprint density at radius 1 is 1.36 bits per heavy atom. The van der Waals surface area contributed by atoms with Gasteiger partial charge in [-0.2, -0.15) is 5.26 Å². The Morgan fingerprint density at radius 3 is 2.68 bits per heavy atom. The molecule has 0 spiro atoms. The molecule has 3 rings (SSSR count). The van der Waals surface area contributed by atoms with Crippen molar-refractivity contribution < 1.29 is 9.18 Å². The number of aromatic amines is 1. The average Bonchev–Trinajstić information content (AvgIpc) is 2.68. The van der Waals surface area contributed by atoms with E-state index in [4.69, 9.17) is 5.26 Å². The Kier molecular flexibility index (Phi) is 5.00. The van der Waals surface area contributed by atoms with Gasteiger partial charge >= 0.3 is 5.69 Å². The van der Waals surface area contributed by atoms with E-state index in [1.165, 1.54) is 25.4 Å². The highest BCUT2D eigenvalue weighted by atomic mass is 19.1. The van der Waals surface area contributed by atoms with E-state index in [2.05, 4.69) is 20.3 Å². The van der Waals surface area contributed by atoms with Crippen LogP contribution in [0, 0.1) is 24.1 Å². The number of halogens is 1. The van der Waals surface area contributed by atoms with Gasteiger partial charge in [-0.3, -0.25) is 14.2 Å². The third-order valence-electron chi connectivity index (χ3n) is 4.21. The van der Waals surface area contributed by atoms with Gasteiger partial charge in [-0.05, 0) is 31.5 Å². The van der Waals surface area contributed by atoms with Gasteiger partial charge in [0, 0.05) is 12.4 Å². The fourth-order valence-corrected chi connectivity index (χ4v) is 2.73. The highest BCUT2D eigenvalue weighted by molar-refractivity contribution is 5.81. The molecule has 0 saturated carbocycles. The smallest absolute Gasteiger partial charge is 0.329 e. The first-order valence-corrected chi connectivity index (χ1v) is 8.25. The lowest BCUT2D eigenvalue weighted by atomic mass is 10.1. The van der Waals surface area contributed by atoms with Crippen molar-refractivity contribution in [2.45, 2.75) is 26.4 Å². The minimum Gasteiger partial charge on any atom is -0.345 e. The summed E-state index contributed by atoms with van der Waals surface area (Å²) in [5, 5.41) is 11.3. The summed E-state index contributed by atoms with van der Waals surface area (Å²) in [6.07, 6.45) is 2.64. The van der Waals surface area contributed by atoms with Crippen LogP contribution >= 0.6 is 0 Å². The maximum Gasteiger partial charge on any atom is 0.329 e. The van der Waals surface area contributed by atoms with Gasteiger partial charge in [0.2, 0.25) is 5.91 Å². The molecule has 142 valence electrons. The summed E-state index contributed by atoms with van der Waals surface area (Å²) in [5.41, 5.74) is -0.967. The predicted octanol–water partition coefficient (Wildman–Crippen LogP) is 0.676. The lowest BCUT2D eigenvalue weighted by Gasteiger charge is -2.13. The van der Waals surface area contributed by atoms with Crippen molar-refractivity contribution in [2.24, 2.45) is 0 Å². The number of rotatable bonds is 4. The zero-order valence-electron chi connectivity index (χ0n) is 15.0. The van der Waals surface area contributed by atoms with E-state index >= 15 is 0 Å². The van der Waals surface area contributed by atoms with Crippen LogP contribution in [0.2, 0.25) is 0 Å². The van der Waals surface area contributed by atoms with Gasteiger partial charge in [-0.1, -0.05) is 0 Å². The summed E-state index contributed by atoms with van der Waals surface area (Å²) in [6.45, 7) is 2.49. The van der Waals surface area contributed by atoms with Gasteiger partial charge < -0.3 is 10.3 Å². The number of aryl methyl sites for hydroxylation is 1. The molecule has 1 amide bonds. The lowest BCUT2D eigenvalue weighted by Crippen LogP contribution is -2.41. The molecule has 2 heterocycles. The second-order valence-electron chi connectivity index (χ2n) is 6.15. The molecule has 0 aliphatic rings. The summed E-state index contributed by atoms with van der Waals surface area (Å²) < 4.78 is 14.5. The number of H-pyrrole nitrogens is 1. The van der Waals surface area contributed by atoms with E-state index in [0.29, 0.717) is 4.57 Å². The van der Waals surface area contributed by atoms with Crippen LogP contribution < -0.4 is 16.6 Å². The maximum absolute atomic E-state index is 13.8. The number of benzene rings is 1. The molecule has 0 unspecified atom stereocenters. The van der Waals surface area contributed by atoms with Crippen molar-refractivity contribution in [3.63, 3.8) is 0 Å². The molecule has 0 aliphatic carbocycles. The third-order valence-corrected chi connectivity index (χ3v) is 4.21. The van der Waals surface area contributed by atoms with Gasteiger partial charge in [0.1, 0.15) is 24.3 Å². The van der Waals surface area contributed by atoms with Gasteiger partial charge in [0.25, 0.3) is 5.56 Å². The Bertz CT molecular complexity index is 1220. The molecule has 0 fully saturated rings. The number of carbonyl (C=O) groups is 1. The van der Waals surface area contributed by atoms with E-state index < -0.39 is 35.6 Å². The van der Waals surface area contributed by atoms with Crippen LogP contribution in [-0.4, -0.2) is 25.4 Å².